The molecular weight excluding hydrogens is 175 g/mol. The molecule has 4 nitrogen and oxygen atoms in total. The van der Waals surface area contributed by atoms with Crippen molar-refractivity contribution in [3.63, 3.8) is 0 Å². The van der Waals surface area contributed by atoms with E-state index in [2.05, 4.69) is 0 Å². The zero-order chi connectivity index (χ0) is 8.48. The summed E-state index contributed by atoms with van der Waals surface area (Å²) in [5.41, 5.74) is 0. The van der Waals surface area contributed by atoms with Gasteiger partial charge in [-0.25, -0.2) is 0 Å². The Morgan fingerprint density at radius 3 is 1.92 bits per heavy atom. The topological polar surface area (TPSA) is 74.6 Å². The van der Waals surface area contributed by atoms with Crippen LogP contribution in [0.25, 0.3) is 0 Å². The molecule has 0 spiro atoms. The fourth-order valence-electron chi connectivity index (χ4n) is 0.618. The molecule has 0 aliphatic rings. The molecule has 6 heteroatoms. The van der Waals surface area contributed by atoms with Gasteiger partial charge in [0.25, 0.3) is 10.1 Å². The normalized spacial score (nSPS) is 10.4. The first-order valence-corrected chi connectivity index (χ1v) is 4.21. The molecule has 0 heterocycles. The van der Waals surface area contributed by atoms with E-state index in [1.54, 1.807) is 0 Å². The van der Waals surface area contributed by atoms with Crippen molar-refractivity contribution in [3.05, 3.63) is 24.3 Å². The molecule has 1 aromatic rings. The molecule has 62 valence electrons. The van der Waals surface area contributed by atoms with Gasteiger partial charge in [0.1, 0.15) is 5.75 Å². The van der Waals surface area contributed by atoms with E-state index in [1.807, 2.05) is 0 Å². The quantitative estimate of drug-likeness (QED) is 0.380. The minimum absolute atomic E-state index is 0. The number of phenolic OH excluding ortho intramolecular Hbond substituents is 1. The van der Waals surface area contributed by atoms with Crippen LogP contribution in [-0.4, -0.2) is 18.1 Å². The Hall–Kier alpha value is -0.473. The summed E-state index contributed by atoms with van der Waals surface area (Å²) >= 11 is 0. The third-order valence-corrected chi connectivity index (χ3v) is 2.00. The van der Waals surface area contributed by atoms with Crippen molar-refractivity contribution in [2.24, 2.45) is 0 Å². The zero-order valence-corrected chi connectivity index (χ0v) is 7.25. The van der Waals surface area contributed by atoms with Crippen LogP contribution in [0.5, 0.6) is 5.75 Å². The van der Waals surface area contributed by atoms with Crippen LogP contribution < -0.4 is 18.9 Å². The SMILES string of the molecule is O=S(=O)(O)c1ccc(O)cc1.[H-].[Li+]. The van der Waals surface area contributed by atoms with E-state index in [4.69, 9.17) is 9.66 Å². The summed E-state index contributed by atoms with van der Waals surface area (Å²) in [5, 5.41) is 8.75. The predicted molar refractivity (Wildman–Crippen MR) is 39.0 cm³/mol. The molecule has 0 aliphatic carbocycles. The van der Waals surface area contributed by atoms with Crippen LogP contribution in [0.3, 0.4) is 0 Å². The molecule has 0 atom stereocenters. The fourth-order valence-corrected chi connectivity index (χ4v) is 1.10. The van der Waals surface area contributed by atoms with Crippen LogP contribution in [0.4, 0.5) is 0 Å². The maximum atomic E-state index is 10.4. The number of aromatic hydroxyl groups is 1. The smallest absolute Gasteiger partial charge is 1.00 e. The second-order valence-corrected chi connectivity index (χ2v) is 3.39. The minimum atomic E-state index is -4.13. The van der Waals surface area contributed by atoms with Crippen molar-refractivity contribution in [2.45, 2.75) is 4.90 Å². The molecule has 1 rings (SSSR count). The van der Waals surface area contributed by atoms with E-state index in [-0.39, 0.29) is 30.9 Å². The van der Waals surface area contributed by atoms with Gasteiger partial charge in [-0.2, -0.15) is 8.42 Å². The van der Waals surface area contributed by atoms with Crippen molar-refractivity contribution in [2.75, 3.05) is 0 Å². The van der Waals surface area contributed by atoms with Gasteiger partial charge in [-0.3, -0.25) is 4.55 Å². The summed E-state index contributed by atoms with van der Waals surface area (Å²) in [4.78, 5) is -0.227. The molecular formula is C6H7LiO4S. The van der Waals surface area contributed by atoms with Gasteiger partial charge >= 0.3 is 18.9 Å². The third-order valence-electron chi connectivity index (χ3n) is 1.13. The van der Waals surface area contributed by atoms with Gasteiger partial charge in [-0.05, 0) is 24.3 Å². The van der Waals surface area contributed by atoms with Crippen LogP contribution in [0.2, 0.25) is 0 Å². The van der Waals surface area contributed by atoms with Gasteiger partial charge in [-0.1, -0.05) is 0 Å². The van der Waals surface area contributed by atoms with Crippen LogP contribution >= 0.6 is 0 Å². The number of hydrogen-bond donors (Lipinski definition) is 2. The molecule has 1 aromatic carbocycles. The molecule has 0 radical (unpaired) electrons. The van der Waals surface area contributed by atoms with Gasteiger partial charge in [0.15, 0.2) is 0 Å². The van der Waals surface area contributed by atoms with E-state index < -0.39 is 10.1 Å². The number of benzene rings is 1. The molecule has 0 amide bonds. The Labute approximate surface area is 83.6 Å². The van der Waals surface area contributed by atoms with E-state index in [0.717, 1.165) is 12.1 Å². The van der Waals surface area contributed by atoms with Gasteiger partial charge < -0.3 is 6.53 Å². The van der Waals surface area contributed by atoms with Crippen molar-refractivity contribution in [3.8, 4) is 5.75 Å². The van der Waals surface area contributed by atoms with Crippen LogP contribution in [0.15, 0.2) is 29.2 Å². The molecule has 0 saturated carbocycles. The predicted octanol–water partition coefficient (Wildman–Crippen LogP) is -2.24. The zero-order valence-electron chi connectivity index (χ0n) is 7.43. The average molecular weight is 182 g/mol. The Balaban J connectivity index is 0. The average Bonchev–Trinajstić information content (AvgIpc) is 1.86. The summed E-state index contributed by atoms with van der Waals surface area (Å²) in [5.74, 6) is -0.0441. The Kier molecular flexibility index (Phi) is 3.81. The molecule has 2 N–H and O–H groups in total. The molecule has 0 bridgehead atoms. The summed E-state index contributed by atoms with van der Waals surface area (Å²) in [6.45, 7) is 0. The van der Waals surface area contributed by atoms with E-state index >= 15 is 0 Å². The maximum absolute atomic E-state index is 10.4. The van der Waals surface area contributed by atoms with Crippen LogP contribution in [0, 0.1) is 0 Å². The third kappa shape index (κ3) is 2.87. The van der Waals surface area contributed by atoms with Gasteiger partial charge in [0.2, 0.25) is 0 Å². The van der Waals surface area contributed by atoms with Crippen LogP contribution in [0.1, 0.15) is 1.43 Å². The van der Waals surface area contributed by atoms with E-state index in [1.165, 1.54) is 12.1 Å². The van der Waals surface area contributed by atoms with Crippen molar-refractivity contribution in [1.82, 2.24) is 0 Å². The number of phenols is 1. The largest absolute Gasteiger partial charge is 1.00 e. The standard InChI is InChI=1S/C6H6O4S.Li.H/c7-5-1-3-6(4-2-5)11(8,9)10;;/h1-4,7H,(H,8,9,10);;/q;+1;-1. The number of hydrogen-bond acceptors (Lipinski definition) is 3. The first-order chi connectivity index (χ1) is 5.00. The second kappa shape index (κ2) is 3.96. The molecule has 0 unspecified atom stereocenters. The summed E-state index contributed by atoms with van der Waals surface area (Å²) in [6, 6.07) is 4.60. The van der Waals surface area contributed by atoms with Crippen molar-refractivity contribution >= 4 is 10.1 Å². The van der Waals surface area contributed by atoms with Crippen molar-refractivity contribution in [1.29, 1.82) is 0 Å². The molecule has 12 heavy (non-hydrogen) atoms. The number of rotatable bonds is 1. The Morgan fingerprint density at radius 2 is 1.58 bits per heavy atom. The molecule has 0 aromatic heterocycles. The second-order valence-electron chi connectivity index (χ2n) is 1.97. The molecule has 0 aliphatic heterocycles. The first-order valence-electron chi connectivity index (χ1n) is 2.77. The minimum Gasteiger partial charge on any atom is -1.00 e. The Morgan fingerprint density at radius 1 is 1.17 bits per heavy atom. The monoisotopic (exact) mass is 182 g/mol. The molecule has 0 saturated heterocycles. The van der Waals surface area contributed by atoms with Gasteiger partial charge in [0, 0.05) is 0 Å². The molecule has 0 fully saturated rings. The first kappa shape index (κ1) is 11.5. The maximum Gasteiger partial charge on any atom is 1.00 e. The Bertz CT molecular complexity index is 347. The summed E-state index contributed by atoms with van der Waals surface area (Å²) < 4.78 is 29.3. The van der Waals surface area contributed by atoms with E-state index in [0.29, 0.717) is 0 Å². The van der Waals surface area contributed by atoms with Gasteiger partial charge in [0.05, 0.1) is 4.90 Å². The summed E-state index contributed by atoms with van der Waals surface area (Å²) in [6.07, 6.45) is 0. The fraction of sp³-hybridized carbons (Fsp3) is 0. The van der Waals surface area contributed by atoms with Crippen molar-refractivity contribution < 1.29 is 38.4 Å². The van der Waals surface area contributed by atoms with Gasteiger partial charge in [-0.15, -0.1) is 0 Å². The van der Waals surface area contributed by atoms with Crippen LogP contribution in [-0.2, 0) is 10.1 Å². The summed E-state index contributed by atoms with van der Waals surface area (Å²) in [7, 11) is -4.13. The van der Waals surface area contributed by atoms with E-state index in [9.17, 15) is 8.42 Å².